The van der Waals surface area contributed by atoms with Crippen LogP contribution < -0.4 is 4.90 Å². The molecule has 1 heterocycles. The molecule has 1 saturated heterocycles. The lowest BCUT2D eigenvalue weighted by atomic mass is 10.1. The zero-order chi connectivity index (χ0) is 16.2. The SMILES string of the molecule is N#Cc1ccccc1N1CCN(Cc2ccccc2Cl)CC1=O. The molecule has 0 unspecified atom stereocenters. The lowest BCUT2D eigenvalue weighted by Crippen LogP contribution is -2.50. The molecule has 1 fully saturated rings. The number of carbonyl (C=O) groups excluding carboxylic acids is 1. The minimum Gasteiger partial charge on any atom is -0.309 e. The van der Waals surface area contributed by atoms with Gasteiger partial charge in [0.15, 0.2) is 0 Å². The van der Waals surface area contributed by atoms with E-state index in [1.807, 2.05) is 36.4 Å². The van der Waals surface area contributed by atoms with Gasteiger partial charge < -0.3 is 4.90 Å². The Balaban J connectivity index is 1.72. The molecule has 4 nitrogen and oxygen atoms in total. The number of carbonyl (C=O) groups is 1. The highest BCUT2D eigenvalue weighted by Gasteiger charge is 2.26. The van der Waals surface area contributed by atoms with Crippen molar-refractivity contribution in [2.45, 2.75) is 6.54 Å². The molecular formula is C18H16ClN3O. The van der Waals surface area contributed by atoms with Crippen molar-refractivity contribution in [1.29, 1.82) is 5.26 Å². The number of para-hydroxylation sites is 1. The Hall–Kier alpha value is -2.35. The molecule has 0 saturated carbocycles. The van der Waals surface area contributed by atoms with E-state index in [9.17, 15) is 10.1 Å². The van der Waals surface area contributed by atoms with Gasteiger partial charge in [-0.1, -0.05) is 41.9 Å². The molecule has 0 bridgehead atoms. The maximum Gasteiger partial charge on any atom is 0.241 e. The summed E-state index contributed by atoms with van der Waals surface area (Å²) in [6.45, 7) is 2.29. The normalized spacial score (nSPS) is 15.5. The van der Waals surface area contributed by atoms with Crippen molar-refractivity contribution in [3.63, 3.8) is 0 Å². The van der Waals surface area contributed by atoms with Crippen LogP contribution in [-0.2, 0) is 11.3 Å². The third-order valence-corrected chi connectivity index (χ3v) is 4.34. The van der Waals surface area contributed by atoms with Gasteiger partial charge in [0.2, 0.25) is 5.91 Å². The van der Waals surface area contributed by atoms with Crippen LogP contribution in [0.25, 0.3) is 0 Å². The second kappa shape index (κ2) is 6.82. The number of hydrogen-bond acceptors (Lipinski definition) is 3. The fourth-order valence-electron chi connectivity index (χ4n) is 2.78. The van der Waals surface area contributed by atoms with E-state index in [2.05, 4.69) is 11.0 Å². The molecule has 3 rings (SSSR count). The van der Waals surface area contributed by atoms with Gasteiger partial charge in [-0.05, 0) is 23.8 Å². The van der Waals surface area contributed by atoms with Gasteiger partial charge in [0.1, 0.15) is 6.07 Å². The van der Waals surface area contributed by atoms with Gasteiger partial charge >= 0.3 is 0 Å². The summed E-state index contributed by atoms with van der Waals surface area (Å²) in [7, 11) is 0. The van der Waals surface area contributed by atoms with E-state index in [0.29, 0.717) is 30.9 Å². The molecule has 1 aliphatic rings. The molecular weight excluding hydrogens is 310 g/mol. The van der Waals surface area contributed by atoms with E-state index >= 15 is 0 Å². The molecule has 0 N–H and O–H groups in total. The summed E-state index contributed by atoms with van der Waals surface area (Å²) in [6, 6.07) is 17.0. The molecule has 2 aromatic carbocycles. The van der Waals surface area contributed by atoms with Gasteiger partial charge in [-0.25, -0.2) is 0 Å². The molecule has 0 spiro atoms. The summed E-state index contributed by atoms with van der Waals surface area (Å²) in [4.78, 5) is 16.3. The first-order valence-electron chi connectivity index (χ1n) is 7.44. The number of rotatable bonds is 3. The van der Waals surface area contributed by atoms with Crippen LogP contribution in [0.15, 0.2) is 48.5 Å². The van der Waals surface area contributed by atoms with Crippen LogP contribution in [0.3, 0.4) is 0 Å². The van der Waals surface area contributed by atoms with Crippen molar-refractivity contribution in [3.05, 3.63) is 64.7 Å². The number of nitrogens with zero attached hydrogens (tertiary/aromatic N) is 3. The monoisotopic (exact) mass is 325 g/mol. The smallest absolute Gasteiger partial charge is 0.241 e. The number of nitriles is 1. The van der Waals surface area contributed by atoms with E-state index in [1.165, 1.54) is 0 Å². The topological polar surface area (TPSA) is 47.3 Å². The average Bonchev–Trinajstić information content (AvgIpc) is 2.57. The van der Waals surface area contributed by atoms with Gasteiger partial charge in [-0.15, -0.1) is 0 Å². The van der Waals surface area contributed by atoms with Crippen LogP contribution in [0.1, 0.15) is 11.1 Å². The van der Waals surface area contributed by atoms with Gasteiger partial charge in [0.05, 0.1) is 17.8 Å². The van der Waals surface area contributed by atoms with Gasteiger partial charge in [-0.2, -0.15) is 5.26 Å². The Morgan fingerprint density at radius 2 is 1.83 bits per heavy atom. The largest absolute Gasteiger partial charge is 0.309 e. The lowest BCUT2D eigenvalue weighted by molar-refractivity contribution is -0.121. The number of anilines is 1. The van der Waals surface area contributed by atoms with Crippen LogP contribution in [-0.4, -0.2) is 30.4 Å². The Morgan fingerprint density at radius 1 is 1.09 bits per heavy atom. The average molecular weight is 326 g/mol. The minimum atomic E-state index is 0.00556. The van der Waals surface area contributed by atoms with Crippen molar-refractivity contribution in [1.82, 2.24) is 4.90 Å². The Labute approximate surface area is 140 Å². The predicted octanol–water partition coefficient (Wildman–Crippen LogP) is 3.06. The van der Waals surface area contributed by atoms with Crippen LogP contribution in [0.4, 0.5) is 5.69 Å². The maximum absolute atomic E-state index is 12.5. The van der Waals surface area contributed by atoms with Gasteiger partial charge in [-0.3, -0.25) is 9.69 Å². The molecule has 0 aliphatic carbocycles. The molecule has 0 aromatic heterocycles. The minimum absolute atomic E-state index is 0.00556. The first-order chi connectivity index (χ1) is 11.2. The predicted molar refractivity (Wildman–Crippen MR) is 90.2 cm³/mol. The summed E-state index contributed by atoms with van der Waals surface area (Å²) in [5, 5.41) is 9.92. The lowest BCUT2D eigenvalue weighted by Gasteiger charge is -2.34. The van der Waals surface area contributed by atoms with Crippen LogP contribution in [0.5, 0.6) is 0 Å². The molecule has 2 aromatic rings. The van der Waals surface area contributed by atoms with E-state index in [1.54, 1.807) is 17.0 Å². The Bertz CT molecular complexity index is 769. The summed E-state index contributed by atoms with van der Waals surface area (Å²) >= 11 is 6.19. The van der Waals surface area contributed by atoms with E-state index < -0.39 is 0 Å². The molecule has 0 radical (unpaired) electrons. The zero-order valence-corrected chi connectivity index (χ0v) is 13.3. The third-order valence-electron chi connectivity index (χ3n) is 3.97. The number of benzene rings is 2. The van der Waals surface area contributed by atoms with E-state index in [0.717, 1.165) is 17.1 Å². The zero-order valence-electron chi connectivity index (χ0n) is 12.6. The fraction of sp³-hybridized carbons (Fsp3) is 0.222. The second-order valence-electron chi connectivity index (χ2n) is 5.48. The third kappa shape index (κ3) is 3.37. The number of hydrogen-bond donors (Lipinski definition) is 0. The van der Waals surface area contributed by atoms with Crippen LogP contribution in [0.2, 0.25) is 5.02 Å². The molecule has 0 atom stereocenters. The second-order valence-corrected chi connectivity index (χ2v) is 5.88. The maximum atomic E-state index is 12.5. The van der Waals surface area contributed by atoms with Crippen molar-refractivity contribution in [3.8, 4) is 6.07 Å². The number of amides is 1. The highest BCUT2D eigenvalue weighted by Crippen LogP contribution is 2.23. The van der Waals surface area contributed by atoms with Crippen molar-refractivity contribution < 1.29 is 4.79 Å². The Kier molecular flexibility index (Phi) is 4.61. The summed E-state index contributed by atoms with van der Waals surface area (Å²) in [5.41, 5.74) is 2.24. The van der Waals surface area contributed by atoms with Crippen LogP contribution >= 0.6 is 11.6 Å². The Morgan fingerprint density at radius 3 is 2.57 bits per heavy atom. The van der Waals surface area contributed by atoms with E-state index in [-0.39, 0.29) is 5.91 Å². The summed E-state index contributed by atoms with van der Waals surface area (Å²) in [5.74, 6) is 0.00556. The van der Waals surface area contributed by atoms with Gasteiger partial charge in [0, 0.05) is 24.7 Å². The summed E-state index contributed by atoms with van der Waals surface area (Å²) in [6.07, 6.45) is 0. The van der Waals surface area contributed by atoms with E-state index in [4.69, 9.17) is 11.6 Å². The number of piperazine rings is 1. The molecule has 23 heavy (non-hydrogen) atoms. The molecule has 1 aliphatic heterocycles. The van der Waals surface area contributed by atoms with Crippen molar-refractivity contribution >= 4 is 23.2 Å². The quantitative estimate of drug-likeness (QED) is 0.871. The van der Waals surface area contributed by atoms with Gasteiger partial charge in [0.25, 0.3) is 0 Å². The number of halogens is 1. The highest BCUT2D eigenvalue weighted by atomic mass is 35.5. The first kappa shape index (κ1) is 15.5. The standard InChI is InChI=1S/C18H16ClN3O/c19-16-7-3-1-6-15(16)12-21-9-10-22(18(23)13-21)17-8-4-2-5-14(17)11-20/h1-8H,9-10,12-13H2. The highest BCUT2D eigenvalue weighted by molar-refractivity contribution is 6.31. The molecule has 1 amide bonds. The van der Waals surface area contributed by atoms with Crippen LogP contribution in [0, 0.1) is 11.3 Å². The molecule has 5 heteroatoms. The van der Waals surface area contributed by atoms with Crippen molar-refractivity contribution in [2.24, 2.45) is 0 Å². The first-order valence-corrected chi connectivity index (χ1v) is 7.82. The molecule has 116 valence electrons. The summed E-state index contributed by atoms with van der Waals surface area (Å²) < 4.78 is 0. The van der Waals surface area contributed by atoms with Crippen molar-refractivity contribution in [2.75, 3.05) is 24.5 Å². The fourth-order valence-corrected chi connectivity index (χ4v) is 2.98.